The second-order valence-electron chi connectivity index (χ2n) is 5.86. The minimum absolute atomic E-state index is 0.213. The van der Waals surface area contributed by atoms with Crippen LogP contribution in [0.4, 0.5) is 0 Å². The standard InChI is InChI=1S/C17H16N8O/c1-10-3-6-25-14(7-10)21-11(2)15(25)17(26)20-9-13-22-16(24-23-13)12-8-18-4-5-19-12/h3-8H,9H2,1-2H3,(H,20,26)(H,22,23,24). The third-order valence-corrected chi connectivity index (χ3v) is 3.91. The third-order valence-electron chi connectivity index (χ3n) is 3.91. The summed E-state index contributed by atoms with van der Waals surface area (Å²) in [5.41, 5.74) is 3.58. The van der Waals surface area contributed by atoms with Gasteiger partial charge in [-0.15, -0.1) is 0 Å². The van der Waals surface area contributed by atoms with Crippen LogP contribution in [-0.2, 0) is 6.54 Å². The third kappa shape index (κ3) is 2.90. The Balaban J connectivity index is 1.51. The molecule has 0 spiro atoms. The highest BCUT2D eigenvalue weighted by molar-refractivity contribution is 5.94. The zero-order chi connectivity index (χ0) is 18.1. The molecule has 9 nitrogen and oxygen atoms in total. The van der Waals surface area contributed by atoms with Gasteiger partial charge in [0, 0.05) is 18.6 Å². The van der Waals surface area contributed by atoms with Gasteiger partial charge in [0.15, 0.2) is 0 Å². The molecule has 4 aromatic rings. The van der Waals surface area contributed by atoms with Gasteiger partial charge in [-0.3, -0.25) is 19.3 Å². The molecule has 0 aliphatic carbocycles. The molecule has 26 heavy (non-hydrogen) atoms. The predicted octanol–water partition coefficient (Wildman–Crippen LogP) is 1.46. The second-order valence-corrected chi connectivity index (χ2v) is 5.86. The fraction of sp³-hybridized carbons (Fsp3) is 0.176. The molecule has 0 saturated heterocycles. The van der Waals surface area contributed by atoms with Crippen LogP contribution in [0.3, 0.4) is 0 Å². The number of aromatic nitrogens is 7. The molecule has 0 fully saturated rings. The number of imidazole rings is 1. The molecule has 0 aliphatic heterocycles. The van der Waals surface area contributed by atoms with E-state index in [2.05, 4.69) is 35.5 Å². The van der Waals surface area contributed by atoms with E-state index < -0.39 is 0 Å². The first-order valence-electron chi connectivity index (χ1n) is 8.03. The van der Waals surface area contributed by atoms with E-state index in [1.165, 1.54) is 0 Å². The van der Waals surface area contributed by atoms with Crippen LogP contribution in [0.15, 0.2) is 36.9 Å². The Labute approximate surface area is 148 Å². The molecule has 2 N–H and O–H groups in total. The highest BCUT2D eigenvalue weighted by atomic mass is 16.1. The summed E-state index contributed by atoms with van der Waals surface area (Å²) in [4.78, 5) is 29.5. The summed E-state index contributed by atoms with van der Waals surface area (Å²) >= 11 is 0. The molecule has 0 unspecified atom stereocenters. The fourth-order valence-electron chi connectivity index (χ4n) is 2.69. The average Bonchev–Trinajstić information content (AvgIpc) is 3.24. The second kappa shape index (κ2) is 6.36. The van der Waals surface area contributed by atoms with Crippen molar-refractivity contribution in [1.82, 2.24) is 39.9 Å². The molecule has 4 heterocycles. The van der Waals surface area contributed by atoms with Crippen molar-refractivity contribution in [3.8, 4) is 11.5 Å². The van der Waals surface area contributed by atoms with E-state index in [1.807, 2.05) is 32.2 Å². The van der Waals surface area contributed by atoms with Gasteiger partial charge in [-0.05, 0) is 31.5 Å². The van der Waals surface area contributed by atoms with E-state index in [9.17, 15) is 4.79 Å². The van der Waals surface area contributed by atoms with Crippen molar-refractivity contribution in [3.05, 3.63) is 59.7 Å². The van der Waals surface area contributed by atoms with Gasteiger partial charge >= 0.3 is 0 Å². The van der Waals surface area contributed by atoms with Gasteiger partial charge in [-0.1, -0.05) is 0 Å². The van der Waals surface area contributed by atoms with Crippen molar-refractivity contribution in [2.45, 2.75) is 20.4 Å². The van der Waals surface area contributed by atoms with Crippen molar-refractivity contribution in [2.75, 3.05) is 0 Å². The molecular formula is C17H16N8O. The summed E-state index contributed by atoms with van der Waals surface area (Å²) in [6.45, 7) is 4.02. The van der Waals surface area contributed by atoms with E-state index in [-0.39, 0.29) is 12.5 Å². The number of amides is 1. The van der Waals surface area contributed by atoms with Crippen molar-refractivity contribution >= 4 is 11.6 Å². The van der Waals surface area contributed by atoms with Gasteiger partial charge in [-0.25, -0.2) is 15.0 Å². The number of hydrogen-bond acceptors (Lipinski definition) is 6. The van der Waals surface area contributed by atoms with E-state index in [0.717, 1.165) is 11.2 Å². The van der Waals surface area contributed by atoms with E-state index in [4.69, 9.17) is 0 Å². The highest BCUT2D eigenvalue weighted by Crippen LogP contribution is 2.14. The van der Waals surface area contributed by atoms with Crippen molar-refractivity contribution in [3.63, 3.8) is 0 Å². The summed E-state index contributed by atoms with van der Waals surface area (Å²) in [5.74, 6) is 0.737. The highest BCUT2D eigenvalue weighted by Gasteiger charge is 2.17. The number of rotatable bonds is 4. The Morgan fingerprint density at radius 2 is 2.15 bits per heavy atom. The Bertz CT molecular complexity index is 1080. The van der Waals surface area contributed by atoms with E-state index in [0.29, 0.717) is 28.7 Å². The zero-order valence-electron chi connectivity index (χ0n) is 14.3. The van der Waals surface area contributed by atoms with E-state index >= 15 is 0 Å². The van der Waals surface area contributed by atoms with Crippen molar-refractivity contribution in [2.24, 2.45) is 0 Å². The van der Waals surface area contributed by atoms with Crippen LogP contribution in [0, 0.1) is 13.8 Å². The molecule has 0 aromatic carbocycles. The average molecular weight is 348 g/mol. The van der Waals surface area contributed by atoms with Crippen LogP contribution in [-0.4, -0.2) is 40.4 Å². The summed E-state index contributed by atoms with van der Waals surface area (Å²) in [6.07, 6.45) is 6.58. The minimum atomic E-state index is -0.226. The van der Waals surface area contributed by atoms with Crippen LogP contribution >= 0.6 is 0 Å². The molecule has 9 heteroatoms. The number of H-pyrrole nitrogens is 1. The number of aromatic amines is 1. The van der Waals surface area contributed by atoms with Gasteiger partial charge in [0.25, 0.3) is 5.91 Å². The molecule has 0 aliphatic rings. The van der Waals surface area contributed by atoms with Gasteiger partial charge in [0.2, 0.25) is 5.82 Å². The molecular weight excluding hydrogens is 332 g/mol. The van der Waals surface area contributed by atoms with Crippen LogP contribution in [0.2, 0.25) is 0 Å². The molecule has 1 amide bonds. The number of nitrogens with one attached hydrogen (secondary N) is 2. The topological polar surface area (TPSA) is 114 Å². The van der Waals surface area contributed by atoms with E-state index in [1.54, 1.807) is 23.0 Å². The van der Waals surface area contributed by atoms with Crippen molar-refractivity contribution < 1.29 is 4.79 Å². The number of nitrogens with zero attached hydrogens (tertiary/aromatic N) is 6. The SMILES string of the molecule is Cc1ccn2c(C(=O)NCc3nc(-c4cnccn4)n[nH]3)c(C)nc2c1. The lowest BCUT2D eigenvalue weighted by atomic mass is 10.3. The number of carbonyl (C=O) groups is 1. The quantitative estimate of drug-likeness (QED) is 0.577. The van der Waals surface area contributed by atoms with Crippen LogP contribution < -0.4 is 5.32 Å². The molecule has 0 saturated carbocycles. The smallest absolute Gasteiger partial charge is 0.270 e. The lowest BCUT2D eigenvalue weighted by molar-refractivity contribution is 0.0943. The Morgan fingerprint density at radius 1 is 1.27 bits per heavy atom. The Kier molecular flexibility index (Phi) is 3.88. The predicted molar refractivity (Wildman–Crippen MR) is 93.2 cm³/mol. The van der Waals surface area contributed by atoms with Gasteiger partial charge in [0.05, 0.1) is 18.4 Å². The molecule has 0 atom stereocenters. The summed E-state index contributed by atoms with van der Waals surface area (Å²) in [6, 6.07) is 3.88. The number of pyridine rings is 1. The summed E-state index contributed by atoms with van der Waals surface area (Å²) < 4.78 is 1.78. The normalized spacial score (nSPS) is 11.0. The number of carbonyl (C=O) groups excluding carboxylic acids is 1. The van der Waals surface area contributed by atoms with Gasteiger partial charge in [-0.2, -0.15) is 5.10 Å². The van der Waals surface area contributed by atoms with Gasteiger partial charge in [0.1, 0.15) is 22.9 Å². The maximum absolute atomic E-state index is 12.6. The number of hydrogen-bond donors (Lipinski definition) is 2. The Morgan fingerprint density at radius 3 is 2.96 bits per heavy atom. The lowest BCUT2D eigenvalue weighted by Crippen LogP contribution is -2.25. The molecule has 130 valence electrons. The Hall–Kier alpha value is -3.62. The molecule has 0 bridgehead atoms. The molecule has 4 aromatic heterocycles. The largest absolute Gasteiger partial charge is 0.343 e. The zero-order valence-corrected chi connectivity index (χ0v) is 14.3. The molecule has 0 radical (unpaired) electrons. The monoisotopic (exact) mass is 348 g/mol. The first kappa shape index (κ1) is 15.9. The minimum Gasteiger partial charge on any atom is -0.343 e. The number of aryl methyl sites for hydroxylation is 2. The van der Waals surface area contributed by atoms with Crippen LogP contribution in [0.25, 0.3) is 17.2 Å². The fourth-order valence-corrected chi connectivity index (χ4v) is 2.69. The maximum atomic E-state index is 12.6. The molecule has 4 rings (SSSR count). The maximum Gasteiger partial charge on any atom is 0.270 e. The summed E-state index contributed by atoms with van der Waals surface area (Å²) in [7, 11) is 0. The number of fused-ring (bicyclic) bond motifs is 1. The van der Waals surface area contributed by atoms with Crippen LogP contribution in [0.5, 0.6) is 0 Å². The first-order chi connectivity index (χ1) is 12.6. The summed E-state index contributed by atoms with van der Waals surface area (Å²) in [5, 5.41) is 9.74. The van der Waals surface area contributed by atoms with Crippen molar-refractivity contribution in [1.29, 1.82) is 0 Å². The van der Waals surface area contributed by atoms with Gasteiger partial charge < -0.3 is 5.32 Å². The first-order valence-corrected chi connectivity index (χ1v) is 8.03. The van der Waals surface area contributed by atoms with Crippen LogP contribution in [0.1, 0.15) is 27.6 Å². The lowest BCUT2D eigenvalue weighted by Gasteiger charge is -2.04.